The minimum absolute atomic E-state index is 0.0778. The lowest BCUT2D eigenvalue weighted by Crippen LogP contribution is -2.36. The molecule has 154 valence electrons. The molecule has 1 N–H and O–H groups in total. The van der Waals surface area contributed by atoms with Crippen molar-refractivity contribution in [2.45, 2.75) is 19.4 Å². The molecule has 6 nitrogen and oxygen atoms in total. The van der Waals surface area contributed by atoms with E-state index in [1.165, 1.54) is 5.56 Å². The minimum Gasteiger partial charge on any atom is -0.383 e. The van der Waals surface area contributed by atoms with Crippen LogP contribution in [0.5, 0.6) is 0 Å². The number of ether oxygens (including phenoxy) is 1. The molecule has 1 amide bonds. The number of thiophene rings is 1. The van der Waals surface area contributed by atoms with Crippen molar-refractivity contribution in [3.63, 3.8) is 0 Å². The number of rotatable bonds is 7. The molecule has 0 saturated carbocycles. The molecule has 0 saturated heterocycles. The topological polar surface area (TPSA) is 69.0 Å². The number of pyridine rings is 1. The van der Waals surface area contributed by atoms with Crippen molar-refractivity contribution < 1.29 is 9.53 Å². The number of carbonyl (C=O) groups excluding carboxylic acids is 1. The lowest BCUT2D eigenvalue weighted by atomic mass is 10.0. The highest BCUT2D eigenvalue weighted by molar-refractivity contribution is 7.16. The highest BCUT2D eigenvalue weighted by Crippen LogP contribution is 2.26. The molecule has 0 aliphatic heterocycles. The van der Waals surface area contributed by atoms with E-state index in [-0.39, 0.29) is 11.9 Å². The van der Waals surface area contributed by atoms with Crippen molar-refractivity contribution in [1.29, 1.82) is 0 Å². The van der Waals surface area contributed by atoms with Crippen molar-refractivity contribution in [3.8, 4) is 11.3 Å². The van der Waals surface area contributed by atoms with Gasteiger partial charge in [0.15, 0.2) is 0 Å². The summed E-state index contributed by atoms with van der Waals surface area (Å²) in [5.41, 5.74) is 4.75. The van der Waals surface area contributed by atoms with E-state index >= 15 is 0 Å². The largest absolute Gasteiger partial charge is 0.383 e. The minimum atomic E-state index is -0.179. The van der Waals surface area contributed by atoms with E-state index in [0.717, 1.165) is 33.5 Å². The standard InChI is InChI=1S/C23H24N4O2S/c1-15(14-29-3)24-22(28)21-13-18(19-9-11-30-23(19)25-21)12-16-4-6-17(7-5-16)20-8-10-27(2)26-20/h4-11,13,15H,12,14H2,1-3H3,(H,24,28). The predicted molar refractivity (Wildman–Crippen MR) is 120 cm³/mol. The molecule has 4 aromatic rings. The molecule has 0 aliphatic carbocycles. The monoisotopic (exact) mass is 420 g/mol. The van der Waals surface area contributed by atoms with E-state index in [2.05, 4.69) is 45.7 Å². The third-order valence-corrected chi connectivity index (χ3v) is 5.72. The average Bonchev–Trinajstić information content (AvgIpc) is 3.37. The fourth-order valence-electron chi connectivity index (χ4n) is 3.45. The van der Waals surface area contributed by atoms with Gasteiger partial charge >= 0.3 is 0 Å². The van der Waals surface area contributed by atoms with E-state index in [1.807, 2.05) is 37.7 Å². The number of nitrogens with one attached hydrogen (secondary N) is 1. The molecular formula is C23H24N4O2S. The number of benzene rings is 1. The highest BCUT2D eigenvalue weighted by atomic mass is 32.1. The summed E-state index contributed by atoms with van der Waals surface area (Å²) in [4.78, 5) is 18.1. The second-order valence-electron chi connectivity index (χ2n) is 7.38. The molecule has 30 heavy (non-hydrogen) atoms. The van der Waals surface area contributed by atoms with Gasteiger partial charge in [-0.15, -0.1) is 11.3 Å². The van der Waals surface area contributed by atoms with E-state index in [0.29, 0.717) is 12.3 Å². The van der Waals surface area contributed by atoms with Crippen LogP contribution in [0.2, 0.25) is 0 Å². The van der Waals surface area contributed by atoms with Crippen LogP contribution in [0.1, 0.15) is 28.5 Å². The summed E-state index contributed by atoms with van der Waals surface area (Å²) in [6.45, 7) is 2.37. The Morgan fingerprint density at radius 1 is 1.23 bits per heavy atom. The first kappa shape index (κ1) is 20.3. The van der Waals surface area contributed by atoms with Gasteiger partial charge in [0.05, 0.1) is 12.3 Å². The maximum absolute atomic E-state index is 12.7. The Bertz CT molecular complexity index is 1160. The van der Waals surface area contributed by atoms with Gasteiger partial charge < -0.3 is 10.1 Å². The van der Waals surface area contributed by atoms with Gasteiger partial charge in [-0.3, -0.25) is 9.48 Å². The summed E-state index contributed by atoms with van der Waals surface area (Å²) in [5, 5.41) is 10.5. The molecule has 1 aromatic carbocycles. The summed E-state index contributed by atoms with van der Waals surface area (Å²) in [5.74, 6) is -0.179. The molecule has 0 bridgehead atoms. The van der Waals surface area contributed by atoms with Crippen LogP contribution < -0.4 is 5.32 Å². The SMILES string of the molecule is COCC(C)NC(=O)c1cc(Cc2ccc(-c3ccn(C)n3)cc2)c2ccsc2n1. The van der Waals surface area contributed by atoms with Crippen molar-refractivity contribution in [1.82, 2.24) is 20.1 Å². The Balaban J connectivity index is 1.59. The lowest BCUT2D eigenvalue weighted by Gasteiger charge is -2.13. The van der Waals surface area contributed by atoms with Crippen molar-refractivity contribution in [3.05, 3.63) is 70.9 Å². The molecule has 7 heteroatoms. The van der Waals surface area contributed by atoms with Crippen molar-refractivity contribution >= 4 is 27.5 Å². The average molecular weight is 421 g/mol. The second kappa shape index (κ2) is 8.77. The van der Waals surface area contributed by atoms with E-state index < -0.39 is 0 Å². The van der Waals surface area contributed by atoms with Crippen LogP contribution in [0, 0.1) is 0 Å². The van der Waals surface area contributed by atoms with Gasteiger partial charge in [0.1, 0.15) is 10.5 Å². The van der Waals surface area contributed by atoms with Gasteiger partial charge in [0, 0.05) is 37.3 Å². The number of hydrogen-bond acceptors (Lipinski definition) is 5. The summed E-state index contributed by atoms with van der Waals surface area (Å²) in [7, 11) is 3.53. The van der Waals surface area contributed by atoms with E-state index in [1.54, 1.807) is 23.1 Å². The number of fused-ring (bicyclic) bond motifs is 1. The van der Waals surface area contributed by atoms with Gasteiger partial charge in [0.25, 0.3) is 5.91 Å². The quantitative estimate of drug-likeness (QED) is 0.490. The van der Waals surface area contributed by atoms with Gasteiger partial charge in [-0.05, 0) is 48.1 Å². The Morgan fingerprint density at radius 2 is 2.03 bits per heavy atom. The smallest absolute Gasteiger partial charge is 0.270 e. The van der Waals surface area contributed by atoms with E-state index in [9.17, 15) is 4.79 Å². The van der Waals surface area contributed by atoms with Crippen molar-refractivity contribution in [2.75, 3.05) is 13.7 Å². The number of nitrogens with zero attached hydrogens (tertiary/aromatic N) is 3. The van der Waals surface area contributed by atoms with Crippen molar-refractivity contribution in [2.24, 2.45) is 7.05 Å². The molecule has 3 aromatic heterocycles. The third-order valence-electron chi connectivity index (χ3n) is 4.91. The van der Waals surface area contributed by atoms with Crippen LogP contribution in [0.4, 0.5) is 0 Å². The third kappa shape index (κ3) is 4.42. The van der Waals surface area contributed by atoms with Crippen LogP contribution in [0.3, 0.4) is 0 Å². The molecule has 0 spiro atoms. The van der Waals surface area contributed by atoms with Crippen LogP contribution in [0.25, 0.3) is 21.5 Å². The first-order valence-corrected chi connectivity index (χ1v) is 10.7. The molecular weight excluding hydrogens is 396 g/mol. The summed E-state index contributed by atoms with van der Waals surface area (Å²) in [6, 6.07) is 14.3. The first-order valence-electron chi connectivity index (χ1n) is 9.79. The Hall–Kier alpha value is -3.03. The molecule has 1 unspecified atom stereocenters. The molecule has 1 atom stereocenters. The van der Waals surface area contributed by atoms with Crippen LogP contribution >= 0.6 is 11.3 Å². The number of hydrogen-bond donors (Lipinski definition) is 1. The Morgan fingerprint density at radius 3 is 2.73 bits per heavy atom. The Kier molecular flexibility index (Phi) is 5.92. The van der Waals surface area contributed by atoms with Gasteiger partial charge in [-0.25, -0.2) is 4.98 Å². The number of aromatic nitrogens is 3. The molecule has 0 fully saturated rings. The first-order chi connectivity index (χ1) is 14.5. The number of amides is 1. The number of methoxy groups -OCH3 is 1. The second-order valence-corrected chi connectivity index (χ2v) is 8.28. The van der Waals surface area contributed by atoms with Gasteiger partial charge in [-0.2, -0.15) is 5.10 Å². The fourth-order valence-corrected chi connectivity index (χ4v) is 4.26. The fraction of sp³-hybridized carbons (Fsp3) is 0.261. The maximum Gasteiger partial charge on any atom is 0.270 e. The van der Waals surface area contributed by atoms with Gasteiger partial charge in [-0.1, -0.05) is 24.3 Å². The normalized spacial score (nSPS) is 12.2. The molecule has 0 radical (unpaired) electrons. The number of aryl methyl sites for hydroxylation is 1. The summed E-state index contributed by atoms with van der Waals surface area (Å²) < 4.78 is 6.90. The molecule has 4 rings (SSSR count). The zero-order valence-corrected chi connectivity index (χ0v) is 18.1. The van der Waals surface area contributed by atoms with Crippen LogP contribution in [-0.2, 0) is 18.2 Å². The highest BCUT2D eigenvalue weighted by Gasteiger charge is 2.15. The molecule has 0 aliphatic rings. The maximum atomic E-state index is 12.7. The number of carbonyl (C=O) groups is 1. The summed E-state index contributed by atoms with van der Waals surface area (Å²) in [6.07, 6.45) is 2.67. The Labute approximate surface area is 179 Å². The van der Waals surface area contributed by atoms with Crippen LogP contribution in [-0.4, -0.2) is 40.4 Å². The lowest BCUT2D eigenvalue weighted by molar-refractivity contribution is 0.0901. The molecule has 3 heterocycles. The predicted octanol–water partition coefficient (Wildman–Crippen LogP) is 4.05. The van der Waals surface area contributed by atoms with E-state index in [4.69, 9.17) is 4.74 Å². The summed E-state index contributed by atoms with van der Waals surface area (Å²) >= 11 is 1.55. The zero-order valence-electron chi connectivity index (χ0n) is 17.3. The van der Waals surface area contributed by atoms with Crippen LogP contribution in [0.15, 0.2) is 54.0 Å². The zero-order chi connectivity index (χ0) is 21.1. The van der Waals surface area contributed by atoms with Gasteiger partial charge in [0.2, 0.25) is 0 Å².